The van der Waals surface area contributed by atoms with Crippen LogP contribution in [0.5, 0.6) is 0 Å². The molecule has 0 bridgehead atoms. The number of carbonyl (C=O) groups is 1. The summed E-state index contributed by atoms with van der Waals surface area (Å²) < 4.78 is 5.18. The molecule has 2 heteroatoms. The summed E-state index contributed by atoms with van der Waals surface area (Å²) in [6.45, 7) is 3.81. The second kappa shape index (κ2) is 2.29. The highest BCUT2D eigenvalue weighted by Crippen LogP contribution is 2.18. The zero-order valence-electron chi connectivity index (χ0n) is 6.13. The number of carbonyl (C=O) groups excluding carboxylic acids is 1. The van der Waals surface area contributed by atoms with E-state index in [-0.39, 0.29) is 5.60 Å². The summed E-state index contributed by atoms with van der Waals surface area (Å²) in [4.78, 5) is 10.3. The van der Waals surface area contributed by atoms with Crippen molar-refractivity contribution in [2.45, 2.75) is 19.4 Å². The van der Waals surface area contributed by atoms with Gasteiger partial charge in [0.05, 0.1) is 6.26 Å². The maximum absolute atomic E-state index is 10.3. The molecule has 0 spiro atoms. The Labute approximate surface area is 60.2 Å². The lowest BCUT2D eigenvalue weighted by Gasteiger charge is -2.23. The number of rotatable bonds is 1. The molecule has 0 fully saturated rings. The Morgan fingerprint density at radius 2 is 2.30 bits per heavy atom. The first-order chi connectivity index (χ1) is 4.64. The second-order valence-corrected chi connectivity index (χ2v) is 2.79. The molecule has 10 heavy (non-hydrogen) atoms. The van der Waals surface area contributed by atoms with Gasteiger partial charge in [-0.2, -0.15) is 0 Å². The van der Waals surface area contributed by atoms with Crippen LogP contribution < -0.4 is 0 Å². The molecule has 0 amide bonds. The largest absolute Gasteiger partial charge is 0.491 e. The van der Waals surface area contributed by atoms with Crippen molar-refractivity contribution < 1.29 is 9.53 Å². The number of aldehydes is 1. The molecule has 0 atom stereocenters. The average molecular weight is 138 g/mol. The Kier molecular flexibility index (Phi) is 1.62. The van der Waals surface area contributed by atoms with Crippen LogP contribution in [-0.4, -0.2) is 11.9 Å². The molecule has 0 aromatic heterocycles. The van der Waals surface area contributed by atoms with E-state index >= 15 is 0 Å². The third kappa shape index (κ3) is 1.47. The molecule has 0 aliphatic carbocycles. The smallest absolute Gasteiger partial charge is 0.149 e. The molecule has 0 unspecified atom stereocenters. The predicted octanol–water partition coefficient (Wildman–Crippen LogP) is 1.43. The van der Waals surface area contributed by atoms with Gasteiger partial charge in [-0.3, -0.25) is 4.79 Å². The first kappa shape index (κ1) is 7.06. The van der Waals surface area contributed by atoms with Gasteiger partial charge < -0.3 is 4.74 Å². The summed E-state index contributed by atoms with van der Waals surface area (Å²) in [5, 5.41) is 0. The standard InChI is InChI=1S/C8H10O2/c1-8(2)5-7(6-9)3-4-10-8/h3-6H,1-2H3. The van der Waals surface area contributed by atoms with Gasteiger partial charge in [-0.05, 0) is 26.0 Å². The van der Waals surface area contributed by atoms with Gasteiger partial charge >= 0.3 is 0 Å². The van der Waals surface area contributed by atoms with Crippen LogP contribution in [0.15, 0.2) is 24.0 Å². The number of hydrogen-bond acceptors (Lipinski definition) is 2. The number of allylic oxidation sites excluding steroid dienone is 2. The third-order valence-electron chi connectivity index (χ3n) is 1.28. The molecule has 1 aliphatic rings. The topological polar surface area (TPSA) is 26.3 Å². The van der Waals surface area contributed by atoms with E-state index in [4.69, 9.17) is 4.74 Å². The summed E-state index contributed by atoms with van der Waals surface area (Å²) in [5.41, 5.74) is 0.349. The minimum atomic E-state index is -0.328. The lowest BCUT2D eigenvalue weighted by molar-refractivity contribution is -0.104. The first-order valence-corrected chi connectivity index (χ1v) is 3.16. The fourth-order valence-corrected chi connectivity index (χ4v) is 0.845. The molecule has 2 nitrogen and oxygen atoms in total. The molecule has 0 radical (unpaired) electrons. The summed E-state index contributed by atoms with van der Waals surface area (Å²) in [6, 6.07) is 0. The maximum Gasteiger partial charge on any atom is 0.149 e. The number of ether oxygens (including phenoxy) is 1. The Balaban J connectivity index is 2.84. The van der Waals surface area contributed by atoms with Gasteiger partial charge in [-0.1, -0.05) is 0 Å². The van der Waals surface area contributed by atoms with Gasteiger partial charge in [0.2, 0.25) is 0 Å². The Bertz CT molecular complexity index is 199. The average Bonchev–Trinajstić information content (AvgIpc) is 1.86. The van der Waals surface area contributed by atoms with Gasteiger partial charge in [0.1, 0.15) is 11.9 Å². The zero-order chi connectivity index (χ0) is 7.61. The van der Waals surface area contributed by atoms with Gasteiger partial charge in [0, 0.05) is 5.57 Å². The van der Waals surface area contributed by atoms with Gasteiger partial charge in [-0.15, -0.1) is 0 Å². The molecule has 0 saturated carbocycles. The summed E-state index contributed by atoms with van der Waals surface area (Å²) >= 11 is 0. The van der Waals surface area contributed by atoms with Gasteiger partial charge in [0.15, 0.2) is 0 Å². The van der Waals surface area contributed by atoms with E-state index in [1.165, 1.54) is 0 Å². The second-order valence-electron chi connectivity index (χ2n) is 2.79. The fourth-order valence-electron chi connectivity index (χ4n) is 0.845. The van der Waals surface area contributed by atoms with Crippen LogP contribution in [-0.2, 0) is 9.53 Å². The van der Waals surface area contributed by atoms with E-state index < -0.39 is 0 Å². The minimum absolute atomic E-state index is 0.328. The Hall–Kier alpha value is -1.05. The van der Waals surface area contributed by atoms with Crippen LogP contribution in [0.25, 0.3) is 0 Å². The zero-order valence-corrected chi connectivity index (χ0v) is 6.13. The Morgan fingerprint density at radius 3 is 2.70 bits per heavy atom. The summed E-state index contributed by atoms with van der Waals surface area (Å²) in [7, 11) is 0. The lowest BCUT2D eigenvalue weighted by Crippen LogP contribution is -2.21. The highest BCUT2D eigenvalue weighted by molar-refractivity contribution is 5.77. The van der Waals surface area contributed by atoms with Crippen molar-refractivity contribution >= 4 is 6.29 Å². The van der Waals surface area contributed by atoms with Crippen molar-refractivity contribution in [3.8, 4) is 0 Å². The molecule has 0 saturated heterocycles. The van der Waals surface area contributed by atoms with Crippen LogP contribution in [0.4, 0.5) is 0 Å². The molecule has 1 aliphatic heterocycles. The van der Waals surface area contributed by atoms with Crippen molar-refractivity contribution in [3.05, 3.63) is 24.0 Å². The van der Waals surface area contributed by atoms with Crippen molar-refractivity contribution in [1.82, 2.24) is 0 Å². The quantitative estimate of drug-likeness (QED) is 0.512. The van der Waals surface area contributed by atoms with Crippen LogP contribution in [0.1, 0.15) is 13.8 Å². The van der Waals surface area contributed by atoms with Crippen LogP contribution >= 0.6 is 0 Å². The summed E-state index contributed by atoms with van der Waals surface area (Å²) in [5.74, 6) is 0. The van der Waals surface area contributed by atoms with Crippen molar-refractivity contribution in [1.29, 1.82) is 0 Å². The van der Waals surface area contributed by atoms with Crippen LogP contribution in [0, 0.1) is 0 Å². The van der Waals surface area contributed by atoms with E-state index in [1.807, 2.05) is 13.8 Å². The molecule has 0 aromatic carbocycles. The van der Waals surface area contributed by atoms with Crippen molar-refractivity contribution in [2.75, 3.05) is 0 Å². The van der Waals surface area contributed by atoms with Crippen LogP contribution in [0.3, 0.4) is 0 Å². The molecule has 54 valence electrons. The Morgan fingerprint density at radius 1 is 1.60 bits per heavy atom. The van der Waals surface area contributed by atoms with Crippen LogP contribution in [0.2, 0.25) is 0 Å². The summed E-state index contributed by atoms with van der Waals surface area (Å²) in [6.07, 6.45) is 5.81. The highest BCUT2D eigenvalue weighted by atomic mass is 16.5. The minimum Gasteiger partial charge on any atom is -0.491 e. The fraction of sp³-hybridized carbons (Fsp3) is 0.375. The molecular formula is C8H10O2. The van der Waals surface area contributed by atoms with Gasteiger partial charge in [-0.25, -0.2) is 0 Å². The van der Waals surface area contributed by atoms with Crippen molar-refractivity contribution in [2.24, 2.45) is 0 Å². The number of hydrogen-bond donors (Lipinski definition) is 0. The van der Waals surface area contributed by atoms with E-state index in [1.54, 1.807) is 18.4 Å². The predicted molar refractivity (Wildman–Crippen MR) is 38.5 cm³/mol. The molecule has 1 heterocycles. The molecule has 0 aromatic rings. The van der Waals surface area contributed by atoms with E-state index in [2.05, 4.69) is 0 Å². The first-order valence-electron chi connectivity index (χ1n) is 3.16. The van der Waals surface area contributed by atoms with E-state index in [0.29, 0.717) is 5.57 Å². The molecule has 1 rings (SSSR count). The van der Waals surface area contributed by atoms with Crippen molar-refractivity contribution in [3.63, 3.8) is 0 Å². The lowest BCUT2D eigenvalue weighted by atomic mass is 10.0. The van der Waals surface area contributed by atoms with Gasteiger partial charge in [0.25, 0.3) is 0 Å². The van der Waals surface area contributed by atoms with E-state index in [0.717, 1.165) is 6.29 Å². The molecular weight excluding hydrogens is 128 g/mol. The molecule has 0 N–H and O–H groups in total. The monoisotopic (exact) mass is 138 g/mol. The normalized spacial score (nSPS) is 21.2. The van der Waals surface area contributed by atoms with E-state index in [9.17, 15) is 4.79 Å². The maximum atomic E-state index is 10.3. The third-order valence-corrected chi connectivity index (χ3v) is 1.28. The SMILES string of the molecule is CC1(C)C=C(C=O)C=CO1. The highest BCUT2D eigenvalue weighted by Gasteiger charge is 2.17.